The highest BCUT2D eigenvalue weighted by atomic mass is 32.2. The van der Waals surface area contributed by atoms with E-state index in [4.69, 9.17) is 0 Å². The quantitative estimate of drug-likeness (QED) is 0.619. The topological polar surface area (TPSA) is 75.3 Å². The maximum Gasteiger partial charge on any atom is 0.251 e. The summed E-state index contributed by atoms with van der Waals surface area (Å²) >= 11 is 1.49. The first-order chi connectivity index (χ1) is 12.0. The molecule has 1 aromatic carbocycles. The Bertz CT molecular complexity index is 771. The Morgan fingerprint density at radius 2 is 1.96 bits per heavy atom. The molecule has 0 radical (unpaired) electrons. The number of unbranched alkanes of at least 4 members (excludes halogenated alkanes) is 3. The predicted octanol–water partition coefficient (Wildman–Crippen LogP) is 3.54. The smallest absolute Gasteiger partial charge is 0.251 e. The summed E-state index contributed by atoms with van der Waals surface area (Å²) in [5.74, 6) is -0.244. The van der Waals surface area contributed by atoms with E-state index in [9.17, 15) is 13.2 Å². The normalized spacial score (nSPS) is 11.4. The van der Waals surface area contributed by atoms with Crippen molar-refractivity contribution in [3.8, 4) is 0 Å². The number of carbonyl (C=O) groups is 1. The summed E-state index contributed by atoms with van der Waals surface area (Å²) in [6.45, 7) is 2.98. The second kappa shape index (κ2) is 9.70. The minimum absolute atomic E-state index is 0.0997. The molecule has 0 bridgehead atoms. The summed E-state index contributed by atoms with van der Waals surface area (Å²) in [7, 11) is -3.65. The molecule has 2 aromatic rings. The predicted molar refractivity (Wildman–Crippen MR) is 101 cm³/mol. The van der Waals surface area contributed by atoms with Crippen molar-refractivity contribution in [1.29, 1.82) is 0 Å². The zero-order valence-electron chi connectivity index (χ0n) is 14.3. The summed E-state index contributed by atoms with van der Waals surface area (Å²) in [5.41, 5.74) is 0.356. The van der Waals surface area contributed by atoms with Crippen LogP contribution in [0.15, 0.2) is 46.7 Å². The summed E-state index contributed by atoms with van der Waals surface area (Å²) in [5, 5.41) is 4.74. The molecule has 1 heterocycles. The van der Waals surface area contributed by atoms with Crippen molar-refractivity contribution in [1.82, 2.24) is 10.0 Å². The Morgan fingerprint density at radius 1 is 1.12 bits per heavy atom. The molecule has 0 saturated heterocycles. The van der Waals surface area contributed by atoms with E-state index in [0.717, 1.165) is 30.6 Å². The lowest BCUT2D eigenvalue weighted by atomic mass is 10.2. The van der Waals surface area contributed by atoms with Crippen LogP contribution in [0.4, 0.5) is 0 Å². The Labute approximate surface area is 153 Å². The third-order valence-corrected chi connectivity index (χ3v) is 6.01. The van der Waals surface area contributed by atoms with Crippen LogP contribution < -0.4 is 10.0 Å². The molecule has 0 saturated carbocycles. The number of hydrogen-bond acceptors (Lipinski definition) is 4. The van der Waals surface area contributed by atoms with Crippen molar-refractivity contribution in [2.75, 3.05) is 6.54 Å². The molecule has 7 heteroatoms. The molecule has 0 unspecified atom stereocenters. The van der Waals surface area contributed by atoms with Crippen LogP contribution in [0.25, 0.3) is 0 Å². The van der Waals surface area contributed by atoms with Crippen LogP contribution in [0, 0.1) is 0 Å². The van der Waals surface area contributed by atoms with E-state index in [1.807, 2.05) is 17.5 Å². The SMILES string of the molecule is CCCCCCNC(=O)c1cccc(S(=O)(=O)NCc2cccs2)c1. The van der Waals surface area contributed by atoms with Gasteiger partial charge in [-0.1, -0.05) is 38.3 Å². The molecule has 0 atom stereocenters. The van der Waals surface area contributed by atoms with Gasteiger partial charge < -0.3 is 5.32 Å². The van der Waals surface area contributed by atoms with Gasteiger partial charge in [0.15, 0.2) is 0 Å². The van der Waals surface area contributed by atoms with E-state index in [2.05, 4.69) is 17.0 Å². The number of nitrogens with one attached hydrogen (secondary N) is 2. The Balaban J connectivity index is 1.95. The van der Waals surface area contributed by atoms with Crippen molar-refractivity contribution in [2.24, 2.45) is 0 Å². The first kappa shape index (κ1) is 19.6. The van der Waals surface area contributed by atoms with Crippen molar-refractivity contribution in [2.45, 2.75) is 44.0 Å². The number of thiophene rings is 1. The number of benzene rings is 1. The third-order valence-electron chi connectivity index (χ3n) is 3.74. The highest BCUT2D eigenvalue weighted by molar-refractivity contribution is 7.89. The van der Waals surface area contributed by atoms with Gasteiger partial charge >= 0.3 is 0 Å². The van der Waals surface area contributed by atoms with Crippen molar-refractivity contribution in [3.05, 3.63) is 52.2 Å². The number of carbonyl (C=O) groups excluding carboxylic acids is 1. The third kappa shape index (κ3) is 6.26. The second-order valence-electron chi connectivity index (χ2n) is 5.75. The first-order valence-electron chi connectivity index (χ1n) is 8.43. The minimum Gasteiger partial charge on any atom is -0.352 e. The van der Waals surface area contributed by atoms with Crippen molar-refractivity contribution < 1.29 is 13.2 Å². The van der Waals surface area contributed by atoms with E-state index in [1.165, 1.54) is 23.5 Å². The maximum absolute atomic E-state index is 12.4. The van der Waals surface area contributed by atoms with Gasteiger partial charge in [-0.25, -0.2) is 13.1 Å². The molecular formula is C18H24N2O3S2. The molecule has 2 rings (SSSR count). The van der Waals surface area contributed by atoms with Crippen molar-refractivity contribution in [3.63, 3.8) is 0 Å². The number of sulfonamides is 1. The fourth-order valence-corrected chi connectivity index (χ4v) is 4.11. The standard InChI is InChI=1S/C18H24N2O3S2/c1-2-3-4-5-11-19-18(21)15-8-6-10-17(13-15)25(22,23)20-14-16-9-7-12-24-16/h6-10,12-13,20H,2-5,11,14H2,1H3,(H,19,21). The lowest BCUT2D eigenvalue weighted by Gasteiger charge is -2.08. The monoisotopic (exact) mass is 380 g/mol. The van der Waals surface area contributed by atoms with Crippen LogP contribution in [0.5, 0.6) is 0 Å². The highest BCUT2D eigenvalue weighted by Gasteiger charge is 2.16. The number of rotatable bonds is 10. The van der Waals surface area contributed by atoms with Gasteiger partial charge in [0.05, 0.1) is 4.90 Å². The molecule has 1 amide bonds. The van der Waals surface area contributed by atoms with Crippen LogP contribution in [0.2, 0.25) is 0 Å². The lowest BCUT2D eigenvalue weighted by Crippen LogP contribution is -2.26. The van der Waals surface area contributed by atoms with Gasteiger partial charge in [0, 0.05) is 23.5 Å². The lowest BCUT2D eigenvalue weighted by molar-refractivity contribution is 0.0952. The molecule has 0 aliphatic rings. The van der Waals surface area contributed by atoms with E-state index >= 15 is 0 Å². The molecule has 136 valence electrons. The van der Waals surface area contributed by atoms with E-state index < -0.39 is 10.0 Å². The fourth-order valence-electron chi connectivity index (χ4n) is 2.32. The van der Waals surface area contributed by atoms with Crippen LogP contribution in [0.3, 0.4) is 0 Å². The van der Waals surface area contributed by atoms with Crippen molar-refractivity contribution >= 4 is 27.3 Å². The molecule has 1 aromatic heterocycles. The van der Waals surface area contributed by atoms with Gasteiger partial charge in [0.25, 0.3) is 5.91 Å². The summed E-state index contributed by atoms with van der Waals surface area (Å²) in [6.07, 6.45) is 4.31. The van der Waals surface area contributed by atoms with E-state index in [-0.39, 0.29) is 17.3 Å². The zero-order chi connectivity index (χ0) is 18.1. The Kier molecular flexibility index (Phi) is 7.61. The number of hydrogen-bond donors (Lipinski definition) is 2. The summed E-state index contributed by atoms with van der Waals surface area (Å²) in [6, 6.07) is 9.87. The Morgan fingerprint density at radius 3 is 2.68 bits per heavy atom. The molecular weight excluding hydrogens is 356 g/mol. The van der Waals surface area contributed by atoms with Crippen LogP contribution >= 0.6 is 11.3 Å². The van der Waals surface area contributed by atoms with Gasteiger partial charge in [-0.3, -0.25) is 4.79 Å². The van der Waals surface area contributed by atoms with Gasteiger partial charge in [-0.2, -0.15) is 0 Å². The van der Waals surface area contributed by atoms with Crippen LogP contribution in [-0.4, -0.2) is 20.9 Å². The number of amides is 1. The van der Waals surface area contributed by atoms with E-state index in [0.29, 0.717) is 12.1 Å². The van der Waals surface area contributed by atoms with Crippen LogP contribution in [0.1, 0.15) is 47.8 Å². The maximum atomic E-state index is 12.4. The second-order valence-corrected chi connectivity index (χ2v) is 8.55. The van der Waals surface area contributed by atoms with Gasteiger partial charge in [-0.05, 0) is 36.1 Å². The highest BCUT2D eigenvalue weighted by Crippen LogP contribution is 2.14. The molecule has 5 nitrogen and oxygen atoms in total. The Hall–Kier alpha value is -1.70. The summed E-state index contributed by atoms with van der Waals surface area (Å²) < 4.78 is 27.4. The molecule has 0 fully saturated rings. The molecule has 2 N–H and O–H groups in total. The van der Waals surface area contributed by atoms with Gasteiger partial charge in [0.1, 0.15) is 0 Å². The zero-order valence-corrected chi connectivity index (χ0v) is 16.0. The fraction of sp³-hybridized carbons (Fsp3) is 0.389. The average molecular weight is 381 g/mol. The van der Waals surface area contributed by atoms with Gasteiger partial charge in [0.2, 0.25) is 10.0 Å². The summed E-state index contributed by atoms with van der Waals surface area (Å²) in [4.78, 5) is 13.2. The molecule has 0 spiro atoms. The molecule has 0 aliphatic carbocycles. The average Bonchev–Trinajstić information content (AvgIpc) is 3.13. The molecule has 0 aliphatic heterocycles. The minimum atomic E-state index is -3.65. The van der Waals surface area contributed by atoms with Gasteiger partial charge in [-0.15, -0.1) is 11.3 Å². The first-order valence-corrected chi connectivity index (χ1v) is 10.8. The van der Waals surface area contributed by atoms with Crippen LogP contribution in [-0.2, 0) is 16.6 Å². The van der Waals surface area contributed by atoms with E-state index in [1.54, 1.807) is 12.1 Å². The largest absolute Gasteiger partial charge is 0.352 e. The molecule has 25 heavy (non-hydrogen) atoms.